The molecule has 0 saturated heterocycles. The van der Waals surface area contributed by atoms with Crippen LogP contribution in [0.25, 0.3) is 22.5 Å². The molecule has 0 spiro atoms. The van der Waals surface area contributed by atoms with Crippen LogP contribution in [0.15, 0.2) is 57.8 Å². The summed E-state index contributed by atoms with van der Waals surface area (Å²) in [4.78, 5) is 35.3. The molecule has 0 N–H and O–H groups in total. The number of Topliss-reactive ketones (excluding diaryl/α,β-unsaturated/α-hetero) is 1. The number of benzene rings is 2. The van der Waals surface area contributed by atoms with E-state index in [1.54, 1.807) is 4.57 Å². The predicted molar refractivity (Wildman–Crippen MR) is 145 cm³/mol. The summed E-state index contributed by atoms with van der Waals surface area (Å²) in [5, 5.41) is 15.2. The topological polar surface area (TPSA) is 118 Å². The van der Waals surface area contributed by atoms with Crippen LogP contribution in [0.2, 0.25) is 0 Å². The van der Waals surface area contributed by atoms with Gasteiger partial charge in [-0.15, -0.1) is 0 Å². The third kappa shape index (κ3) is 7.41. The summed E-state index contributed by atoms with van der Waals surface area (Å²) in [5.41, 5.74) is 2.62. The molecule has 4 aromatic rings. The minimum atomic E-state index is -0.733. The molecule has 40 heavy (non-hydrogen) atoms. The first kappa shape index (κ1) is 32.0. The minimum absolute atomic E-state index is 0. The van der Waals surface area contributed by atoms with Crippen LogP contribution in [-0.2, 0) is 30.7 Å². The minimum Gasteiger partial charge on any atom is -0.528 e. The Morgan fingerprint density at radius 3 is 2.27 bits per heavy atom. The van der Waals surface area contributed by atoms with E-state index in [9.17, 15) is 14.7 Å². The number of aryl methyl sites for hydroxylation is 2. The average molecular weight is 569 g/mol. The van der Waals surface area contributed by atoms with Gasteiger partial charge in [-0.05, 0) is 23.1 Å². The molecule has 2 aromatic heterocycles. The van der Waals surface area contributed by atoms with Gasteiger partial charge in [-0.3, -0.25) is 4.79 Å². The van der Waals surface area contributed by atoms with Gasteiger partial charge in [0.2, 0.25) is 11.6 Å². The zero-order valence-electron chi connectivity index (χ0n) is 24.2. The van der Waals surface area contributed by atoms with E-state index in [1.165, 1.54) is 4.57 Å². The zero-order chi connectivity index (χ0) is 28.2. The normalized spacial score (nSPS) is 11.3. The van der Waals surface area contributed by atoms with Gasteiger partial charge < -0.3 is 9.63 Å². The molecule has 0 aliphatic carbocycles. The molecule has 0 aliphatic rings. The fourth-order valence-corrected chi connectivity index (χ4v) is 4.35. The van der Waals surface area contributed by atoms with Crippen molar-refractivity contribution in [2.24, 2.45) is 5.41 Å². The molecule has 0 bridgehead atoms. The number of carbonyl (C=O) groups excluding carboxylic acids is 1. The fourth-order valence-electron chi connectivity index (χ4n) is 4.35. The Kier molecular flexibility index (Phi) is 11.1. The van der Waals surface area contributed by atoms with E-state index in [1.807, 2.05) is 76.2 Å². The van der Waals surface area contributed by atoms with Crippen molar-refractivity contribution in [1.29, 1.82) is 0 Å². The van der Waals surface area contributed by atoms with Crippen LogP contribution < -0.4 is 66.7 Å². The summed E-state index contributed by atoms with van der Waals surface area (Å²) >= 11 is 0. The van der Waals surface area contributed by atoms with Gasteiger partial charge in [-0.1, -0.05) is 94.6 Å². The molecule has 0 unspecified atom stereocenters. The molecular formula is C30H35KN5O4+. The van der Waals surface area contributed by atoms with Crippen LogP contribution in [0.3, 0.4) is 0 Å². The first-order valence-corrected chi connectivity index (χ1v) is 13.4. The van der Waals surface area contributed by atoms with E-state index >= 15 is 0 Å². The summed E-state index contributed by atoms with van der Waals surface area (Å²) in [7, 11) is 0. The largest absolute Gasteiger partial charge is 1.00 e. The van der Waals surface area contributed by atoms with Gasteiger partial charge >= 0.3 is 57.1 Å². The van der Waals surface area contributed by atoms with Crippen molar-refractivity contribution < 1.29 is 70.4 Å². The Bertz CT molecular complexity index is 1520. The maximum atomic E-state index is 13.8. The molecule has 0 radical (unpaired) electrons. The van der Waals surface area contributed by atoms with E-state index in [2.05, 4.69) is 21.6 Å². The van der Waals surface area contributed by atoms with Crippen LogP contribution in [-0.4, -0.2) is 25.5 Å². The Morgan fingerprint density at radius 2 is 1.70 bits per heavy atom. The van der Waals surface area contributed by atoms with Gasteiger partial charge in [0.1, 0.15) is 13.1 Å². The number of unbranched alkanes of at least 4 members (excludes halogenated alkanes) is 1. The van der Waals surface area contributed by atoms with Crippen molar-refractivity contribution in [3.63, 3.8) is 0 Å². The van der Waals surface area contributed by atoms with Crippen molar-refractivity contribution in [3.8, 4) is 28.6 Å². The molecule has 204 valence electrons. The first-order chi connectivity index (χ1) is 18.6. The Balaban J connectivity index is 0.00000441. The van der Waals surface area contributed by atoms with E-state index in [4.69, 9.17) is 4.98 Å². The second kappa shape index (κ2) is 13.9. The molecular weight excluding hydrogens is 533 g/mol. The fraction of sp³-hybridized carbons (Fsp3) is 0.400. The number of carbonyl (C=O) groups is 1. The van der Waals surface area contributed by atoms with Crippen molar-refractivity contribution in [2.45, 2.75) is 73.4 Å². The molecule has 0 fully saturated rings. The molecule has 0 saturated carbocycles. The van der Waals surface area contributed by atoms with Gasteiger partial charge in [0.25, 0.3) is 0 Å². The number of hydrogen-bond acceptors (Lipinski definition) is 7. The maximum Gasteiger partial charge on any atom is 1.00 e. The average Bonchev–Trinajstić information content (AvgIpc) is 3.36. The van der Waals surface area contributed by atoms with Gasteiger partial charge in [0, 0.05) is 23.8 Å². The van der Waals surface area contributed by atoms with Crippen molar-refractivity contribution in [2.75, 3.05) is 0 Å². The van der Waals surface area contributed by atoms with Crippen molar-refractivity contribution >= 4 is 5.78 Å². The summed E-state index contributed by atoms with van der Waals surface area (Å²) in [6.45, 7) is 9.99. The van der Waals surface area contributed by atoms with Crippen LogP contribution >= 0.6 is 0 Å². The van der Waals surface area contributed by atoms with Crippen LogP contribution in [0.4, 0.5) is 0 Å². The molecule has 10 heteroatoms. The van der Waals surface area contributed by atoms with E-state index in [0.29, 0.717) is 30.8 Å². The second-order valence-corrected chi connectivity index (χ2v) is 10.7. The summed E-state index contributed by atoms with van der Waals surface area (Å²) in [5.74, 6) is 1.60. The molecule has 9 nitrogen and oxygen atoms in total. The predicted octanol–water partition coefficient (Wildman–Crippen LogP) is 0.894. The Hall–Kier alpha value is -2.50. The van der Waals surface area contributed by atoms with Crippen molar-refractivity contribution in [3.05, 3.63) is 76.2 Å². The van der Waals surface area contributed by atoms with Crippen molar-refractivity contribution in [1.82, 2.24) is 19.7 Å². The molecule has 2 heterocycles. The smallest absolute Gasteiger partial charge is 0.528 e. The number of rotatable bonds is 10. The third-order valence-electron chi connectivity index (χ3n) is 6.73. The third-order valence-corrected chi connectivity index (χ3v) is 6.73. The Labute approximate surface area is 277 Å². The zero-order valence-corrected chi connectivity index (χ0v) is 27.4. The molecule has 0 aliphatic heterocycles. The summed E-state index contributed by atoms with van der Waals surface area (Å²) in [6, 6.07) is 15.4. The number of aromatic nitrogens is 5. The van der Waals surface area contributed by atoms with E-state index < -0.39 is 11.5 Å². The maximum absolute atomic E-state index is 13.8. The van der Waals surface area contributed by atoms with Gasteiger partial charge in [0.05, 0.1) is 0 Å². The van der Waals surface area contributed by atoms with Crippen LogP contribution in [0.1, 0.15) is 64.7 Å². The molecule has 0 atom stereocenters. The summed E-state index contributed by atoms with van der Waals surface area (Å²) in [6.07, 6.45) is 2.41. The second-order valence-electron chi connectivity index (χ2n) is 10.7. The number of ketones is 1. The molecule has 4 rings (SSSR count). The van der Waals surface area contributed by atoms with Crippen LogP contribution in [0, 0.1) is 5.41 Å². The first-order valence-electron chi connectivity index (χ1n) is 13.4. The standard InChI is InChI=1S/C30H35N5O4.K/c1-6-8-13-26-31-25(7-2)35(19-24(36)30(3,4)5)29(38)34(26)18-20-14-16-21(17-15-20)22-11-9-10-12-23(22)27-32-28(37)39-33-27;/h9-12,14-17H,6-8,13,18-19H2,1-5H3;/q;+1. The van der Waals surface area contributed by atoms with Crippen LogP contribution in [0.5, 0.6) is 6.08 Å². The number of hydrogen-bond donors (Lipinski definition) is 0. The Morgan fingerprint density at radius 1 is 1.02 bits per heavy atom. The van der Waals surface area contributed by atoms with E-state index in [-0.39, 0.29) is 75.2 Å². The molecule has 2 aromatic carbocycles. The molecule has 0 amide bonds. The van der Waals surface area contributed by atoms with Gasteiger partial charge in [0.15, 0.2) is 17.7 Å². The van der Waals surface area contributed by atoms with Gasteiger partial charge in [-0.25, -0.2) is 9.78 Å². The quantitative estimate of drug-likeness (QED) is 0.206. The number of nitrogens with zero attached hydrogens (tertiary/aromatic N) is 5. The SMILES string of the molecule is CCCCc1nc(CC)[n+](CC(=O)C(C)(C)C)c(=O)n1Cc1ccc(-c2ccccc2-c2noc([O-])n2)cc1.[K+]. The van der Waals surface area contributed by atoms with Gasteiger partial charge in [-0.2, -0.15) is 14.3 Å². The monoisotopic (exact) mass is 568 g/mol. The van der Waals surface area contributed by atoms with E-state index in [0.717, 1.165) is 35.4 Å². The summed E-state index contributed by atoms with van der Waals surface area (Å²) < 4.78 is 7.86.